The van der Waals surface area contributed by atoms with Gasteiger partial charge in [0.05, 0.1) is 19.3 Å². The minimum absolute atomic E-state index is 0.105. The van der Waals surface area contributed by atoms with E-state index in [2.05, 4.69) is 29.4 Å². The number of nitrogens with one attached hydrogen (secondary N) is 1. The van der Waals surface area contributed by atoms with Crippen molar-refractivity contribution < 1.29 is 13.9 Å². The first-order valence-electron chi connectivity index (χ1n) is 8.15. The fourth-order valence-corrected chi connectivity index (χ4v) is 2.89. The number of urea groups is 1. The first kappa shape index (κ1) is 16.4. The van der Waals surface area contributed by atoms with Crippen LogP contribution in [0.15, 0.2) is 35.1 Å². The number of anilines is 1. The summed E-state index contributed by atoms with van der Waals surface area (Å²) >= 11 is 0. The van der Waals surface area contributed by atoms with Crippen LogP contribution in [0.2, 0.25) is 0 Å². The van der Waals surface area contributed by atoms with Gasteiger partial charge in [0.25, 0.3) is 0 Å². The second kappa shape index (κ2) is 7.44. The Morgan fingerprint density at radius 2 is 2.33 bits per heavy atom. The van der Waals surface area contributed by atoms with Gasteiger partial charge in [0, 0.05) is 17.8 Å². The molecule has 0 radical (unpaired) electrons. The Kier molecular flexibility index (Phi) is 5.10. The van der Waals surface area contributed by atoms with Crippen LogP contribution >= 0.6 is 0 Å². The highest BCUT2D eigenvalue weighted by molar-refractivity contribution is 5.90. The van der Waals surface area contributed by atoms with E-state index < -0.39 is 0 Å². The third-order valence-electron chi connectivity index (χ3n) is 3.95. The average molecular weight is 330 g/mol. The molecule has 1 N–H and O–H groups in total. The van der Waals surface area contributed by atoms with Crippen molar-refractivity contribution in [2.45, 2.75) is 26.3 Å². The Morgan fingerprint density at radius 3 is 3.08 bits per heavy atom. The normalized spacial score (nSPS) is 18.0. The first-order valence-corrected chi connectivity index (χ1v) is 8.15. The number of hydrogen-bond donors (Lipinski definition) is 1. The quantitative estimate of drug-likeness (QED) is 0.932. The summed E-state index contributed by atoms with van der Waals surface area (Å²) in [5.41, 5.74) is 1.47. The number of ether oxygens (including phenoxy) is 1. The zero-order valence-corrected chi connectivity index (χ0v) is 13.9. The van der Waals surface area contributed by atoms with E-state index in [4.69, 9.17) is 9.15 Å². The summed E-state index contributed by atoms with van der Waals surface area (Å²) in [7, 11) is 0. The number of carbonyl (C=O) groups excluding carboxylic acids is 1. The smallest absolute Gasteiger partial charge is 0.322 e. The lowest BCUT2D eigenvalue weighted by atomic mass is 10.0. The maximum absolute atomic E-state index is 12.7. The lowest BCUT2D eigenvalue weighted by molar-refractivity contribution is 0.00857. The number of amides is 2. The number of morpholine rings is 1. The van der Waals surface area contributed by atoms with E-state index in [-0.39, 0.29) is 12.1 Å². The van der Waals surface area contributed by atoms with Crippen molar-refractivity contribution in [2.24, 2.45) is 5.92 Å². The largest absolute Gasteiger partial charge is 0.423 e. The summed E-state index contributed by atoms with van der Waals surface area (Å²) in [6.07, 6.45) is 2.21. The van der Waals surface area contributed by atoms with E-state index in [1.807, 2.05) is 29.2 Å². The topological polar surface area (TPSA) is 80.5 Å². The molecule has 1 saturated heterocycles. The summed E-state index contributed by atoms with van der Waals surface area (Å²) in [5, 5.41) is 10.5. The molecule has 1 atom stereocenters. The number of hydrogen-bond acceptors (Lipinski definition) is 5. The van der Waals surface area contributed by atoms with E-state index in [1.165, 1.54) is 6.39 Å². The van der Waals surface area contributed by atoms with E-state index >= 15 is 0 Å². The van der Waals surface area contributed by atoms with Gasteiger partial charge < -0.3 is 19.4 Å². The summed E-state index contributed by atoms with van der Waals surface area (Å²) in [6, 6.07) is 7.38. The molecule has 7 nitrogen and oxygen atoms in total. The number of benzene rings is 1. The Balaban J connectivity index is 1.70. The average Bonchev–Trinajstić information content (AvgIpc) is 3.09. The molecular weight excluding hydrogens is 308 g/mol. The predicted octanol–water partition coefficient (Wildman–Crippen LogP) is 3.02. The molecular formula is C17H22N4O3. The Labute approximate surface area is 141 Å². The van der Waals surface area contributed by atoms with Crippen molar-refractivity contribution in [1.82, 2.24) is 15.1 Å². The van der Waals surface area contributed by atoms with Gasteiger partial charge in [-0.15, -0.1) is 10.2 Å². The molecule has 128 valence electrons. The van der Waals surface area contributed by atoms with Gasteiger partial charge in [0.2, 0.25) is 12.3 Å². The molecule has 7 heteroatoms. The Morgan fingerprint density at radius 1 is 1.46 bits per heavy atom. The first-order chi connectivity index (χ1) is 11.6. The van der Waals surface area contributed by atoms with Crippen LogP contribution in [0.4, 0.5) is 10.5 Å². The van der Waals surface area contributed by atoms with Gasteiger partial charge in [-0.25, -0.2) is 4.79 Å². The highest BCUT2D eigenvalue weighted by Gasteiger charge is 2.27. The third-order valence-corrected chi connectivity index (χ3v) is 3.95. The summed E-state index contributed by atoms with van der Waals surface area (Å²) in [4.78, 5) is 14.5. The van der Waals surface area contributed by atoms with Gasteiger partial charge in [-0.3, -0.25) is 0 Å². The van der Waals surface area contributed by atoms with Crippen molar-refractivity contribution in [1.29, 1.82) is 0 Å². The SMILES string of the molecule is CC(C)C[C@@H]1COCCN1C(=O)Nc1cccc(-c2nnco2)c1. The summed E-state index contributed by atoms with van der Waals surface area (Å²) < 4.78 is 10.7. The summed E-state index contributed by atoms with van der Waals surface area (Å²) in [6.45, 7) is 6.07. The zero-order chi connectivity index (χ0) is 16.9. The molecule has 2 heterocycles. The number of nitrogens with zero attached hydrogens (tertiary/aromatic N) is 3. The minimum atomic E-state index is -0.105. The van der Waals surface area contributed by atoms with Crippen LogP contribution in [0, 0.1) is 5.92 Å². The van der Waals surface area contributed by atoms with Gasteiger partial charge in [-0.05, 0) is 30.5 Å². The van der Waals surface area contributed by atoms with E-state index in [0.717, 1.165) is 12.0 Å². The molecule has 1 aliphatic rings. The van der Waals surface area contributed by atoms with Gasteiger partial charge in [-0.2, -0.15) is 0 Å². The maximum atomic E-state index is 12.7. The van der Waals surface area contributed by atoms with Crippen LogP contribution in [0.1, 0.15) is 20.3 Å². The van der Waals surface area contributed by atoms with E-state index in [9.17, 15) is 4.79 Å². The van der Waals surface area contributed by atoms with Crippen LogP contribution in [-0.2, 0) is 4.74 Å². The molecule has 1 aromatic carbocycles. The van der Waals surface area contributed by atoms with Gasteiger partial charge >= 0.3 is 6.03 Å². The van der Waals surface area contributed by atoms with Crippen LogP contribution in [0.3, 0.4) is 0 Å². The molecule has 0 aliphatic carbocycles. The second-order valence-corrected chi connectivity index (χ2v) is 6.31. The lowest BCUT2D eigenvalue weighted by Crippen LogP contribution is -2.50. The van der Waals surface area contributed by atoms with Gasteiger partial charge in [0.15, 0.2) is 0 Å². The highest BCUT2D eigenvalue weighted by Crippen LogP contribution is 2.22. The van der Waals surface area contributed by atoms with Crippen LogP contribution in [0.25, 0.3) is 11.5 Å². The molecule has 1 aliphatic heterocycles. The van der Waals surface area contributed by atoms with Crippen molar-refractivity contribution in [2.75, 3.05) is 25.1 Å². The minimum Gasteiger partial charge on any atom is -0.423 e. The third kappa shape index (κ3) is 3.91. The van der Waals surface area contributed by atoms with E-state index in [0.29, 0.717) is 37.3 Å². The van der Waals surface area contributed by atoms with Crippen molar-refractivity contribution in [3.63, 3.8) is 0 Å². The molecule has 1 aromatic heterocycles. The molecule has 0 spiro atoms. The molecule has 24 heavy (non-hydrogen) atoms. The van der Waals surface area contributed by atoms with Crippen molar-refractivity contribution >= 4 is 11.7 Å². The number of carbonyl (C=O) groups is 1. The fourth-order valence-electron chi connectivity index (χ4n) is 2.89. The lowest BCUT2D eigenvalue weighted by Gasteiger charge is -2.36. The molecule has 0 bridgehead atoms. The molecule has 0 unspecified atom stereocenters. The fraction of sp³-hybridized carbons (Fsp3) is 0.471. The molecule has 1 fully saturated rings. The van der Waals surface area contributed by atoms with Gasteiger partial charge in [0.1, 0.15) is 0 Å². The van der Waals surface area contributed by atoms with Crippen LogP contribution in [0.5, 0.6) is 0 Å². The van der Waals surface area contributed by atoms with E-state index in [1.54, 1.807) is 0 Å². The second-order valence-electron chi connectivity index (χ2n) is 6.31. The molecule has 3 rings (SSSR count). The number of rotatable bonds is 4. The molecule has 0 saturated carbocycles. The standard InChI is InChI=1S/C17H22N4O3/c1-12(2)8-15-10-23-7-6-21(15)17(22)19-14-5-3-4-13(9-14)16-20-18-11-24-16/h3-5,9,11-12,15H,6-8,10H2,1-2H3,(H,19,22)/t15-/m1/s1. The van der Waals surface area contributed by atoms with Gasteiger partial charge in [-0.1, -0.05) is 19.9 Å². The van der Waals surface area contributed by atoms with Crippen LogP contribution in [-0.4, -0.2) is 46.9 Å². The zero-order valence-electron chi connectivity index (χ0n) is 13.9. The Hall–Kier alpha value is -2.41. The monoisotopic (exact) mass is 330 g/mol. The van der Waals surface area contributed by atoms with Crippen molar-refractivity contribution in [3.8, 4) is 11.5 Å². The molecule has 2 aromatic rings. The van der Waals surface area contributed by atoms with Crippen LogP contribution < -0.4 is 5.32 Å². The Bertz CT molecular complexity index is 672. The molecule has 2 amide bonds. The van der Waals surface area contributed by atoms with Crippen molar-refractivity contribution in [3.05, 3.63) is 30.7 Å². The maximum Gasteiger partial charge on any atom is 0.322 e. The number of aromatic nitrogens is 2. The summed E-state index contributed by atoms with van der Waals surface area (Å²) in [5.74, 6) is 0.933. The predicted molar refractivity (Wildman–Crippen MR) is 89.5 cm³/mol. The highest BCUT2D eigenvalue weighted by atomic mass is 16.5.